The van der Waals surface area contributed by atoms with Crippen molar-refractivity contribution in [1.82, 2.24) is 0 Å². The molecule has 1 aliphatic rings. The zero-order valence-corrected chi connectivity index (χ0v) is 10.9. The van der Waals surface area contributed by atoms with Gasteiger partial charge in [-0.25, -0.2) is 0 Å². The first kappa shape index (κ1) is 12.8. The van der Waals surface area contributed by atoms with Crippen molar-refractivity contribution in [1.29, 1.82) is 0 Å². The van der Waals surface area contributed by atoms with E-state index in [1.54, 1.807) is 13.2 Å². The summed E-state index contributed by atoms with van der Waals surface area (Å²) >= 11 is 1.36. The summed E-state index contributed by atoms with van der Waals surface area (Å²) in [5.41, 5.74) is 0.713. The minimum absolute atomic E-state index is 0.0679. The molecular weight excluding hydrogens is 254 g/mol. The highest BCUT2D eigenvalue weighted by atomic mass is 32.2. The molecule has 1 heterocycles. The van der Waals surface area contributed by atoms with Crippen molar-refractivity contribution in [2.45, 2.75) is 16.6 Å². The van der Waals surface area contributed by atoms with Gasteiger partial charge >= 0.3 is 5.97 Å². The minimum Gasteiger partial charge on any atom is -0.497 e. The van der Waals surface area contributed by atoms with Gasteiger partial charge in [-0.15, -0.1) is 11.8 Å². The van der Waals surface area contributed by atoms with Gasteiger partial charge in [-0.05, 0) is 12.1 Å². The molecule has 0 radical (unpaired) electrons. The van der Waals surface area contributed by atoms with Crippen LogP contribution in [-0.2, 0) is 14.3 Å². The van der Waals surface area contributed by atoms with E-state index in [9.17, 15) is 9.59 Å². The maximum Gasteiger partial charge on any atom is 0.307 e. The van der Waals surface area contributed by atoms with Crippen LogP contribution in [0.3, 0.4) is 0 Å². The second-order valence-electron chi connectivity index (χ2n) is 3.74. The van der Waals surface area contributed by atoms with Crippen molar-refractivity contribution in [3.63, 3.8) is 0 Å². The largest absolute Gasteiger partial charge is 0.497 e. The molecule has 5 nitrogen and oxygen atoms in total. The third-order valence-electron chi connectivity index (χ3n) is 2.59. The Balaban J connectivity index is 2.18. The first-order chi connectivity index (χ1) is 8.63. The monoisotopic (exact) mass is 267 g/mol. The summed E-state index contributed by atoms with van der Waals surface area (Å²) in [6, 6.07) is 5.44. The first-order valence-corrected chi connectivity index (χ1v) is 6.24. The molecular formula is C12H13NO4S. The lowest BCUT2D eigenvalue weighted by Crippen LogP contribution is -2.31. The van der Waals surface area contributed by atoms with Crippen molar-refractivity contribution in [2.75, 3.05) is 19.5 Å². The molecule has 1 amide bonds. The van der Waals surface area contributed by atoms with E-state index in [2.05, 4.69) is 10.1 Å². The quantitative estimate of drug-likeness (QED) is 0.844. The Morgan fingerprint density at radius 3 is 2.89 bits per heavy atom. The lowest BCUT2D eigenvalue weighted by molar-refractivity contribution is -0.141. The smallest absolute Gasteiger partial charge is 0.307 e. The number of methoxy groups -OCH3 is 2. The molecule has 1 N–H and O–H groups in total. The molecule has 6 heteroatoms. The number of nitrogens with one attached hydrogen (secondary N) is 1. The van der Waals surface area contributed by atoms with Crippen LogP contribution < -0.4 is 10.1 Å². The molecule has 1 aliphatic heterocycles. The standard InChI is InChI=1S/C12H13NO4S/c1-16-7-3-4-9-8(5-7)13-12(15)10(18-9)6-11(14)17-2/h3-5,10H,6H2,1-2H3,(H,13,15)/t10-/m0/s1. The van der Waals surface area contributed by atoms with Crippen LogP contribution in [0.1, 0.15) is 6.42 Å². The normalized spacial score (nSPS) is 17.7. The van der Waals surface area contributed by atoms with Gasteiger partial charge in [0.1, 0.15) is 5.75 Å². The van der Waals surface area contributed by atoms with Crippen molar-refractivity contribution in [2.24, 2.45) is 0 Å². The molecule has 1 aromatic rings. The zero-order valence-electron chi connectivity index (χ0n) is 10.1. The van der Waals surface area contributed by atoms with Crippen LogP contribution in [0.2, 0.25) is 0 Å². The fourth-order valence-corrected chi connectivity index (χ4v) is 2.70. The highest BCUT2D eigenvalue weighted by Crippen LogP contribution is 2.38. The molecule has 0 saturated carbocycles. The maximum atomic E-state index is 11.8. The van der Waals surface area contributed by atoms with Gasteiger partial charge in [0.25, 0.3) is 0 Å². The van der Waals surface area contributed by atoms with Gasteiger partial charge in [-0.2, -0.15) is 0 Å². The SMILES string of the molecule is COC(=O)C[C@@H]1Sc2ccc(OC)cc2NC1=O. The van der Waals surface area contributed by atoms with Crippen molar-refractivity contribution < 1.29 is 19.1 Å². The Hall–Kier alpha value is -1.69. The van der Waals surface area contributed by atoms with Crippen LogP contribution in [0.25, 0.3) is 0 Å². The van der Waals surface area contributed by atoms with Crippen LogP contribution in [0.15, 0.2) is 23.1 Å². The van der Waals surface area contributed by atoms with E-state index in [1.165, 1.54) is 18.9 Å². The average Bonchev–Trinajstić information content (AvgIpc) is 2.38. The summed E-state index contributed by atoms with van der Waals surface area (Å²) in [7, 11) is 2.88. The number of hydrogen-bond donors (Lipinski definition) is 1. The van der Waals surface area contributed by atoms with E-state index in [-0.39, 0.29) is 18.3 Å². The number of rotatable bonds is 3. The fraction of sp³-hybridized carbons (Fsp3) is 0.333. The Labute approximate surface area is 109 Å². The topological polar surface area (TPSA) is 64.6 Å². The van der Waals surface area contributed by atoms with Crippen LogP contribution in [0.5, 0.6) is 5.75 Å². The van der Waals surface area contributed by atoms with E-state index in [0.29, 0.717) is 11.4 Å². The number of carbonyl (C=O) groups is 2. The molecule has 0 fully saturated rings. The highest BCUT2D eigenvalue weighted by molar-refractivity contribution is 8.01. The first-order valence-electron chi connectivity index (χ1n) is 5.36. The maximum absolute atomic E-state index is 11.8. The molecule has 96 valence electrons. The molecule has 0 unspecified atom stereocenters. The van der Waals surface area contributed by atoms with Crippen LogP contribution >= 0.6 is 11.8 Å². The molecule has 0 aliphatic carbocycles. The summed E-state index contributed by atoms with van der Waals surface area (Å²) in [6.45, 7) is 0. The van der Waals surface area contributed by atoms with Crippen LogP contribution in [-0.4, -0.2) is 31.3 Å². The molecule has 18 heavy (non-hydrogen) atoms. The van der Waals surface area contributed by atoms with Gasteiger partial charge in [-0.3, -0.25) is 9.59 Å². The van der Waals surface area contributed by atoms with E-state index in [1.807, 2.05) is 12.1 Å². The van der Waals surface area contributed by atoms with E-state index >= 15 is 0 Å². The summed E-state index contributed by atoms with van der Waals surface area (Å²) in [5.74, 6) is 0.104. The average molecular weight is 267 g/mol. The summed E-state index contributed by atoms with van der Waals surface area (Å²) in [6.07, 6.45) is 0.0679. The number of ether oxygens (including phenoxy) is 2. The van der Waals surface area contributed by atoms with Gasteiger partial charge in [0.15, 0.2) is 0 Å². The highest BCUT2D eigenvalue weighted by Gasteiger charge is 2.29. The Morgan fingerprint density at radius 2 is 2.22 bits per heavy atom. The predicted molar refractivity (Wildman–Crippen MR) is 67.9 cm³/mol. The fourth-order valence-electron chi connectivity index (χ4n) is 1.63. The summed E-state index contributed by atoms with van der Waals surface area (Å²) < 4.78 is 9.66. The minimum atomic E-state index is -0.446. The Kier molecular flexibility index (Phi) is 3.76. The lowest BCUT2D eigenvalue weighted by Gasteiger charge is -2.23. The van der Waals surface area contributed by atoms with Gasteiger partial charge in [0.2, 0.25) is 5.91 Å². The van der Waals surface area contributed by atoms with Gasteiger partial charge in [0, 0.05) is 11.0 Å². The van der Waals surface area contributed by atoms with Gasteiger partial charge in [0.05, 0.1) is 31.6 Å². The Morgan fingerprint density at radius 1 is 1.44 bits per heavy atom. The van der Waals surface area contributed by atoms with E-state index in [0.717, 1.165) is 4.90 Å². The summed E-state index contributed by atoms with van der Waals surface area (Å²) in [5, 5.41) is 2.32. The van der Waals surface area contributed by atoms with Crippen molar-refractivity contribution in [3.05, 3.63) is 18.2 Å². The van der Waals surface area contributed by atoms with Crippen LogP contribution in [0.4, 0.5) is 5.69 Å². The molecule has 0 aromatic heterocycles. The molecule has 0 bridgehead atoms. The number of anilines is 1. The van der Waals surface area contributed by atoms with E-state index < -0.39 is 5.25 Å². The number of benzene rings is 1. The van der Waals surface area contributed by atoms with Gasteiger partial charge < -0.3 is 14.8 Å². The number of thioether (sulfide) groups is 1. The zero-order chi connectivity index (χ0) is 13.1. The Bertz CT molecular complexity index is 489. The molecule has 0 spiro atoms. The number of hydrogen-bond acceptors (Lipinski definition) is 5. The third-order valence-corrected chi connectivity index (χ3v) is 3.86. The number of carbonyl (C=O) groups excluding carboxylic acids is 2. The molecule has 1 atom stereocenters. The predicted octanol–water partition coefficient (Wildman–Crippen LogP) is 1.67. The second-order valence-corrected chi connectivity index (χ2v) is 4.98. The molecule has 0 saturated heterocycles. The third kappa shape index (κ3) is 2.59. The van der Waals surface area contributed by atoms with E-state index in [4.69, 9.17) is 4.74 Å². The number of fused-ring (bicyclic) bond motifs is 1. The second kappa shape index (κ2) is 5.30. The molecule has 1 aromatic carbocycles. The number of esters is 1. The van der Waals surface area contributed by atoms with Crippen molar-refractivity contribution >= 4 is 29.3 Å². The molecule has 2 rings (SSSR count). The van der Waals surface area contributed by atoms with Crippen molar-refractivity contribution in [3.8, 4) is 5.75 Å². The summed E-state index contributed by atoms with van der Waals surface area (Å²) in [4.78, 5) is 24.0. The number of amides is 1. The lowest BCUT2D eigenvalue weighted by atomic mass is 10.2. The van der Waals surface area contributed by atoms with Crippen LogP contribution in [0, 0.1) is 0 Å². The van der Waals surface area contributed by atoms with Gasteiger partial charge in [-0.1, -0.05) is 0 Å².